The first-order valence-corrected chi connectivity index (χ1v) is 10.0. The summed E-state index contributed by atoms with van der Waals surface area (Å²) in [6.45, 7) is 4.56. The Kier molecular flexibility index (Phi) is 6.12. The second kappa shape index (κ2) is 8.51. The van der Waals surface area contributed by atoms with Gasteiger partial charge in [0.1, 0.15) is 0 Å². The molecule has 1 aliphatic carbocycles. The van der Waals surface area contributed by atoms with Crippen molar-refractivity contribution in [1.29, 1.82) is 0 Å². The summed E-state index contributed by atoms with van der Waals surface area (Å²) in [5.41, 5.74) is 7.42. The van der Waals surface area contributed by atoms with Crippen LogP contribution in [0.15, 0.2) is 42.5 Å². The minimum Gasteiger partial charge on any atom is -0.0654 e. The number of unbranched alkanes of at least 4 members (excludes halogenated alkanes) is 2. The molecule has 24 heavy (non-hydrogen) atoms. The first-order valence-electron chi connectivity index (χ1n) is 10.0. The van der Waals surface area contributed by atoms with E-state index in [0.29, 0.717) is 0 Å². The summed E-state index contributed by atoms with van der Waals surface area (Å²) in [6, 6.07) is 16.4. The summed E-state index contributed by atoms with van der Waals surface area (Å²) in [4.78, 5) is 0. The van der Waals surface area contributed by atoms with Gasteiger partial charge in [-0.15, -0.1) is 0 Å². The Hall–Kier alpha value is -1.56. The van der Waals surface area contributed by atoms with Crippen molar-refractivity contribution in [3.8, 4) is 11.1 Å². The van der Waals surface area contributed by atoms with Crippen LogP contribution in [0.5, 0.6) is 0 Å². The molecule has 0 spiro atoms. The normalized spacial score (nSPS) is 16.8. The van der Waals surface area contributed by atoms with Crippen LogP contribution in [-0.2, 0) is 19.3 Å². The number of rotatable bonds is 7. The molecule has 0 radical (unpaired) electrons. The summed E-state index contributed by atoms with van der Waals surface area (Å²) >= 11 is 0. The summed E-state index contributed by atoms with van der Waals surface area (Å²) in [5.74, 6) is 0.918. The van der Waals surface area contributed by atoms with Crippen LogP contribution in [0.25, 0.3) is 11.1 Å². The van der Waals surface area contributed by atoms with Gasteiger partial charge in [-0.3, -0.25) is 0 Å². The number of hydrogen-bond donors (Lipinski definition) is 0. The van der Waals surface area contributed by atoms with Crippen LogP contribution < -0.4 is 0 Å². The molecule has 0 saturated carbocycles. The van der Waals surface area contributed by atoms with Crippen LogP contribution in [0.2, 0.25) is 0 Å². The van der Waals surface area contributed by atoms with Gasteiger partial charge in [-0.2, -0.15) is 0 Å². The summed E-state index contributed by atoms with van der Waals surface area (Å²) in [5, 5.41) is 0. The Bertz CT molecular complexity index is 636. The first kappa shape index (κ1) is 17.3. The SMILES string of the molecule is CCCCc1ccc(-c2ccc3c(c2)CCC(CCCC)C3)cc1. The fourth-order valence-electron chi connectivity index (χ4n) is 3.99. The molecule has 0 heteroatoms. The van der Waals surface area contributed by atoms with Crippen LogP contribution in [0.4, 0.5) is 0 Å². The third-order valence-electron chi connectivity index (χ3n) is 5.61. The molecule has 0 aromatic heterocycles. The maximum absolute atomic E-state index is 2.45. The molecule has 0 N–H and O–H groups in total. The quantitative estimate of drug-likeness (QED) is 0.515. The van der Waals surface area contributed by atoms with Gasteiger partial charge in [-0.25, -0.2) is 0 Å². The van der Waals surface area contributed by atoms with Crippen molar-refractivity contribution in [2.75, 3.05) is 0 Å². The first-order chi connectivity index (χ1) is 11.8. The summed E-state index contributed by atoms with van der Waals surface area (Å²) in [6.07, 6.45) is 11.9. The van der Waals surface area contributed by atoms with E-state index in [1.54, 1.807) is 11.1 Å². The lowest BCUT2D eigenvalue weighted by molar-refractivity contribution is 0.413. The Morgan fingerprint density at radius 3 is 2.33 bits per heavy atom. The molecule has 1 unspecified atom stereocenters. The standard InChI is InChI=1S/C24H32/c1-3-5-7-19-9-12-21(13-10-19)23-16-15-22-17-20(8-6-4-2)11-14-24(22)18-23/h9-10,12-13,15-16,18,20H,3-8,11,14,17H2,1-2H3. The zero-order chi connectivity index (χ0) is 16.8. The molecule has 0 saturated heterocycles. The zero-order valence-corrected chi connectivity index (χ0v) is 15.5. The van der Waals surface area contributed by atoms with Crippen LogP contribution in [-0.4, -0.2) is 0 Å². The second-order valence-electron chi connectivity index (χ2n) is 7.54. The van der Waals surface area contributed by atoms with E-state index >= 15 is 0 Å². The number of fused-ring (bicyclic) bond motifs is 1. The lowest BCUT2D eigenvalue weighted by atomic mass is 9.80. The van der Waals surface area contributed by atoms with E-state index in [4.69, 9.17) is 0 Å². The number of benzene rings is 2. The van der Waals surface area contributed by atoms with Crippen molar-refractivity contribution >= 4 is 0 Å². The highest BCUT2D eigenvalue weighted by molar-refractivity contribution is 5.65. The monoisotopic (exact) mass is 320 g/mol. The number of aryl methyl sites for hydroxylation is 2. The Morgan fingerprint density at radius 1 is 0.833 bits per heavy atom. The average Bonchev–Trinajstić information content (AvgIpc) is 2.64. The largest absolute Gasteiger partial charge is 0.0654 e. The molecule has 1 aliphatic rings. The molecule has 0 heterocycles. The maximum atomic E-state index is 2.45. The van der Waals surface area contributed by atoms with Crippen LogP contribution >= 0.6 is 0 Å². The van der Waals surface area contributed by atoms with Gasteiger partial charge in [0.15, 0.2) is 0 Å². The minimum absolute atomic E-state index is 0.918. The molecule has 0 nitrogen and oxygen atoms in total. The Balaban J connectivity index is 1.70. The van der Waals surface area contributed by atoms with E-state index in [2.05, 4.69) is 56.3 Å². The lowest BCUT2D eigenvalue weighted by Gasteiger charge is -2.25. The van der Waals surface area contributed by atoms with Crippen LogP contribution in [0, 0.1) is 5.92 Å². The fraction of sp³-hybridized carbons (Fsp3) is 0.500. The van der Waals surface area contributed by atoms with Gasteiger partial charge in [-0.1, -0.05) is 82.0 Å². The average molecular weight is 321 g/mol. The van der Waals surface area contributed by atoms with Crippen molar-refractivity contribution in [3.05, 3.63) is 59.2 Å². The Morgan fingerprint density at radius 2 is 1.58 bits per heavy atom. The highest BCUT2D eigenvalue weighted by Gasteiger charge is 2.18. The third kappa shape index (κ3) is 4.29. The van der Waals surface area contributed by atoms with Gasteiger partial charge in [0, 0.05) is 0 Å². The van der Waals surface area contributed by atoms with E-state index < -0.39 is 0 Å². The van der Waals surface area contributed by atoms with Crippen molar-refractivity contribution in [2.24, 2.45) is 5.92 Å². The molecule has 2 aromatic carbocycles. The van der Waals surface area contributed by atoms with Gasteiger partial charge in [-0.05, 0) is 65.8 Å². The predicted molar refractivity (Wildman–Crippen MR) is 106 cm³/mol. The van der Waals surface area contributed by atoms with Gasteiger partial charge < -0.3 is 0 Å². The lowest BCUT2D eigenvalue weighted by Crippen LogP contribution is -2.14. The molecule has 128 valence electrons. The highest BCUT2D eigenvalue weighted by atomic mass is 14.2. The van der Waals surface area contributed by atoms with E-state index in [0.717, 1.165) is 5.92 Å². The smallest absolute Gasteiger partial charge is 0.0181 e. The molecule has 0 aliphatic heterocycles. The Labute approximate surface area is 148 Å². The molecule has 3 rings (SSSR count). The van der Waals surface area contributed by atoms with E-state index in [1.165, 1.54) is 74.5 Å². The number of hydrogen-bond acceptors (Lipinski definition) is 0. The predicted octanol–water partition coefficient (Wildman–Crippen LogP) is 6.99. The van der Waals surface area contributed by atoms with E-state index in [1.807, 2.05) is 0 Å². The summed E-state index contributed by atoms with van der Waals surface area (Å²) < 4.78 is 0. The van der Waals surface area contributed by atoms with Gasteiger partial charge in [0.2, 0.25) is 0 Å². The van der Waals surface area contributed by atoms with Crippen LogP contribution in [0.1, 0.15) is 69.1 Å². The molecular formula is C24H32. The zero-order valence-electron chi connectivity index (χ0n) is 15.5. The van der Waals surface area contributed by atoms with Crippen LogP contribution in [0.3, 0.4) is 0 Å². The van der Waals surface area contributed by atoms with Crippen molar-refractivity contribution in [2.45, 2.75) is 71.6 Å². The highest BCUT2D eigenvalue weighted by Crippen LogP contribution is 2.32. The van der Waals surface area contributed by atoms with Crippen molar-refractivity contribution < 1.29 is 0 Å². The molecule has 2 aromatic rings. The molecule has 1 atom stereocenters. The molecular weight excluding hydrogens is 288 g/mol. The molecule has 0 fully saturated rings. The second-order valence-corrected chi connectivity index (χ2v) is 7.54. The van der Waals surface area contributed by atoms with Gasteiger partial charge >= 0.3 is 0 Å². The third-order valence-corrected chi connectivity index (χ3v) is 5.61. The summed E-state index contributed by atoms with van der Waals surface area (Å²) in [7, 11) is 0. The maximum Gasteiger partial charge on any atom is -0.0181 e. The molecule has 0 amide bonds. The minimum atomic E-state index is 0.918. The van der Waals surface area contributed by atoms with Crippen molar-refractivity contribution in [1.82, 2.24) is 0 Å². The fourth-order valence-corrected chi connectivity index (χ4v) is 3.99. The molecule has 0 bridgehead atoms. The van der Waals surface area contributed by atoms with Gasteiger partial charge in [0.25, 0.3) is 0 Å². The van der Waals surface area contributed by atoms with E-state index in [9.17, 15) is 0 Å². The topological polar surface area (TPSA) is 0 Å². The van der Waals surface area contributed by atoms with Crippen molar-refractivity contribution in [3.63, 3.8) is 0 Å². The van der Waals surface area contributed by atoms with E-state index in [-0.39, 0.29) is 0 Å². The van der Waals surface area contributed by atoms with Gasteiger partial charge in [0.05, 0.1) is 0 Å².